The number of rotatable bonds is 4. The lowest BCUT2D eigenvalue weighted by Gasteiger charge is -2.39. The quantitative estimate of drug-likeness (QED) is 0.926. The van der Waals surface area contributed by atoms with Crippen molar-refractivity contribution in [3.8, 4) is 17.0 Å². The van der Waals surface area contributed by atoms with Crippen LogP contribution in [0.5, 0.6) is 5.75 Å². The molecule has 1 heterocycles. The van der Waals surface area contributed by atoms with Crippen LogP contribution in [0.1, 0.15) is 25.1 Å². The average Bonchev–Trinajstić information content (AvgIpc) is 2.47. The molecule has 0 aliphatic heterocycles. The van der Waals surface area contributed by atoms with E-state index in [9.17, 15) is 0 Å². The Morgan fingerprint density at radius 1 is 1.30 bits per heavy atom. The molecule has 3 rings (SSSR count). The Hall–Kier alpha value is -1.94. The van der Waals surface area contributed by atoms with Crippen molar-refractivity contribution in [1.82, 2.24) is 9.97 Å². The number of nitrogens with zero attached hydrogens (tertiary/aromatic N) is 2. The smallest absolute Gasteiger partial charge is 0.136 e. The molecular weight excluding hydrogens is 250 g/mol. The summed E-state index contributed by atoms with van der Waals surface area (Å²) in [5, 5.41) is 0. The number of hydrogen-bond acceptors (Lipinski definition) is 4. The van der Waals surface area contributed by atoms with Gasteiger partial charge in [0.2, 0.25) is 0 Å². The number of aromatic nitrogens is 2. The Kier molecular flexibility index (Phi) is 3.40. The van der Waals surface area contributed by atoms with E-state index in [0.717, 1.165) is 35.7 Å². The van der Waals surface area contributed by atoms with E-state index in [-0.39, 0.29) is 5.41 Å². The van der Waals surface area contributed by atoms with Crippen molar-refractivity contribution in [3.63, 3.8) is 0 Å². The van der Waals surface area contributed by atoms with Crippen molar-refractivity contribution in [3.05, 3.63) is 42.4 Å². The summed E-state index contributed by atoms with van der Waals surface area (Å²) < 4.78 is 5.26. The Morgan fingerprint density at radius 2 is 2.15 bits per heavy atom. The SMILES string of the molecule is COc1cccc(-c2ccnc(C3(CN)CCC3)n2)c1. The van der Waals surface area contributed by atoms with Crippen LogP contribution in [-0.4, -0.2) is 23.6 Å². The molecule has 0 radical (unpaired) electrons. The zero-order valence-corrected chi connectivity index (χ0v) is 11.7. The van der Waals surface area contributed by atoms with Gasteiger partial charge < -0.3 is 10.5 Å². The lowest BCUT2D eigenvalue weighted by atomic mass is 9.68. The molecule has 2 N–H and O–H groups in total. The van der Waals surface area contributed by atoms with E-state index in [4.69, 9.17) is 15.5 Å². The monoisotopic (exact) mass is 269 g/mol. The zero-order chi connectivity index (χ0) is 14.0. The third-order valence-electron chi connectivity index (χ3n) is 4.20. The van der Waals surface area contributed by atoms with Crippen LogP contribution in [0.25, 0.3) is 11.3 Å². The first-order chi connectivity index (χ1) is 9.77. The number of ether oxygens (including phenoxy) is 1. The van der Waals surface area contributed by atoms with Crippen molar-refractivity contribution in [2.75, 3.05) is 13.7 Å². The van der Waals surface area contributed by atoms with E-state index in [1.807, 2.05) is 36.5 Å². The Labute approximate surface area is 119 Å². The molecule has 0 amide bonds. The van der Waals surface area contributed by atoms with Gasteiger partial charge in [0, 0.05) is 23.7 Å². The lowest BCUT2D eigenvalue weighted by molar-refractivity contribution is 0.238. The van der Waals surface area contributed by atoms with Crippen LogP contribution in [-0.2, 0) is 5.41 Å². The van der Waals surface area contributed by atoms with Crippen LogP contribution in [0.2, 0.25) is 0 Å². The summed E-state index contributed by atoms with van der Waals surface area (Å²) >= 11 is 0. The maximum Gasteiger partial charge on any atom is 0.136 e. The molecule has 0 unspecified atom stereocenters. The Balaban J connectivity index is 1.98. The molecule has 1 aliphatic carbocycles. The standard InChI is InChI=1S/C16H19N3O/c1-20-13-5-2-4-12(10-13)14-6-9-18-15(19-14)16(11-17)7-3-8-16/h2,4-6,9-10H,3,7-8,11,17H2,1H3. The molecule has 1 aromatic carbocycles. The van der Waals surface area contributed by atoms with Gasteiger partial charge >= 0.3 is 0 Å². The summed E-state index contributed by atoms with van der Waals surface area (Å²) in [7, 11) is 1.67. The summed E-state index contributed by atoms with van der Waals surface area (Å²) in [4.78, 5) is 9.19. The van der Waals surface area contributed by atoms with Gasteiger partial charge in [-0.3, -0.25) is 0 Å². The van der Waals surface area contributed by atoms with Gasteiger partial charge in [0.15, 0.2) is 0 Å². The van der Waals surface area contributed by atoms with Gasteiger partial charge in [-0.1, -0.05) is 18.6 Å². The van der Waals surface area contributed by atoms with Gasteiger partial charge in [-0.15, -0.1) is 0 Å². The van der Waals surface area contributed by atoms with Gasteiger partial charge in [0.05, 0.1) is 12.8 Å². The summed E-state index contributed by atoms with van der Waals surface area (Å²) in [6.45, 7) is 0.620. The molecule has 104 valence electrons. The molecule has 0 saturated heterocycles. The minimum Gasteiger partial charge on any atom is -0.497 e. The maximum atomic E-state index is 5.94. The van der Waals surface area contributed by atoms with Gasteiger partial charge in [-0.05, 0) is 31.0 Å². The molecule has 4 nitrogen and oxygen atoms in total. The molecule has 1 aliphatic rings. The van der Waals surface area contributed by atoms with Crippen molar-refractivity contribution in [2.45, 2.75) is 24.7 Å². The van der Waals surface area contributed by atoms with Crippen molar-refractivity contribution in [2.24, 2.45) is 5.73 Å². The van der Waals surface area contributed by atoms with Crippen LogP contribution in [0.4, 0.5) is 0 Å². The van der Waals surface area contributed by atoms with Crippen LogP contribution in [0.15, 0.2) is 36.5 Å². The predicted molar refractivity (Wildman–Crippen MR) is 78.6 cm³/mol. The van der Waals surface area contributed by atoms with Crippen LogP contribution in [0.3, 0.4) is 0 Å². The van der Waals surface area contributed by atoms with Crippen molar-refractivity contribution >= 4 is 0 Å². The second-order valence-electron chi connectivity index (χ2n) is 5.34. The highest BCUT2D eigenvalue weighted by Crippen LogP contribution is 2.41. The van der Waals surface area contributed by atoms with E-state index in [0.29, 0.717) is 6.54 Å². The van der Waals surface area contributed by atoms with Gasteiger partial charge in [0.25, 0.3) is 0 Å². The highest BCUT2D eigenvalue weighted by Gasteiger charge is 2.40. The molecule has 0 bridgehead atoms. The number of hydrogen-bond donors (Lipinski definition) is 1. The van der Waals surface area contributed by atoms with Crippen LogP contribution in [0, 0.1) is 0 Å². The van der Waals surface area contributed by atoms with E-state index in [1.54, 1.807) is 7.11 Å². The van der Waals surface area contributed by atoms with Gasteiger partial charge in [0.1, 0.15) is 11.6 Å². The molecule has 1 saturated carbocycles. The first-order valence-corrected chi connectivity index (χ1v) is 6.95. The molecule has 2 aromatic rings. The zero-order valence-electron chi connectivity index (χ0n) is 11.7. The summed E-state index contributed by atoms with van der Waals surface area (Å²) in [5.41, 5.74) is 7.90. The molecule has 0 atom stereocenters. The van der Waals surface area contributed by atoms with E-state index in [2.05, 4.69) is 4.98 Å². The first kappa shape index (κ1) is 13.1. The van der Waals surface area contributed by atoms with Crippen LogP contribution >= 0.6 is 0 Å². The summed E-state index contributed by atoms with van der Waals surface area (Å²) in [5.74, 6) is 1.71. The minimum atomic E-state index is -0.00508. The highest BCUT2D eigenvalue weighted by molar-refractivity contribution is 5.61. The minimum absolute atomic E-state index is 0.00508. The number of methoxy groups -OCH3 is 1. The van der Waals surface area contributed by atoms with E-state index in [1.165, 1.54) is 6.42 Å². The fourth-order valence-electron chi connectivity index (χ4n) is 2.68. The molecule has 1 aromatic heterocycles. The van der Waals surface area contributed by atoms with Gasteiger partial charge in [-0.25, -0.2) is 9.97 Å². The number of nitrogens with two attached hydrogens (primary N) is 1. The van der Waals surface area contributed by atoms with E-state index < -0.39 is 0 Å². The van der Waals surface area contributed by atoms with Crippen molar-refractivity contribution in [1.29, 1.82) is 0 Å². The molecule has 20 heavy (non-hydrogen) atoms. The molecular formula is C16H19N3O. The number of benzene rings is 1. The fraction of sp³-hybridized carbons (Fsp3) is 0.375. The third-order valence-corrected chi connectivity index (χ3v) is 4.20. The maximum absolute atomic E-state index is 5.94. The predicted octanol–water partition coefficient (Wildman–Crippen LogP) is 2.53. The average molecular weight is 269 g/mol. The fourth-order valence-corrected chi connectivity index (χ4v) is 2.68. The molecule has 4 heteroatoms. The largest absolute Gasteiger partial charge is 0.497 e. The third kappa shape index (κ3) is 2.16. The van der Waals surface area contributed by atoms with E-state index >= 15 is 0 Å². The second-order valence-corrected chi connectivity index (χ2v) is 5.34. The molecule has 1 fully saturated rings. The summed E-state index contributed by atoms with van der Waals surface area (Å²) in [6, 6.07) is 9.85. The normalized spacial score (nSPS) is 16.5. The lowest BCUT2D eigenvalue weighted by Crippen LogP contribution is -2.43. The first-order valence-electron chi connectivity index (χ1n) is 6.95. The van der Waals surface area contributed by atoms with Gasteiger partial charge in [-0.2, -0.15) is 0 Å². The molecule has 0 spiro atoms. The topological polar surface area (TPSA) is 61.0 Å². The Bertz CT molecular complexity index is 603. The van der Waals surface area contributed by atoms with Crippen molar-refractivity contribution < 1.29 is 4.74 Å². The second kappa shape index (κ2) is 5.21. The Morgan fingerprint density at radius 3 is 2.80 bits per heavy atom. The summed E-state index contributed by atoms with van der Waals surface area (Å²) in [6.07, 6.45) is 5.22. The highest BCUT2D eigenvalue weighted by atomic mass is 16.5. The van der Waals surface area contributed by atoms with Crippen LogP contribution < -0.4 is 10.5 Å².